The molecule has 25 heavy (non-hydrogen) atoms. The van der Waals surface area contributed by atoms with Crippen LogP contribution in [0.1, 0.15) is 32.8 Å². The van der Waals surface area contributed by atoms with Gasteiger partial charge in [-0.05, 0) is 32.8 Å². The van der Waals surface area contributed by atoms with Crippen LogP contribution in [-0.4, -0.2) is 47.9 Å². The van der Waals surface area contributed by atoms with E-state index in [-0.39, 0.29) is 18.8 Å². The fourth-order valence-corrected chi connectivity index (χ4v) is 2.81. The van der Waals surface area contributed by atoms with Gasteiger partial charge in [0.2, 0.25) is 0 Å². The minimum Gasteiger partial charge on any atom is -0.444 e. The number of aliphatic hydroxyl groups excluding tert-OH is 1. The third kappa shape index (κ3) is 6.14. The van der Waals surface area contributed by atoms with E-state index >= 15 is 0 Å². The van der Waals surface area contributed by atoms with Crippen molar-refractivity contribution in [1.29, 1.82) is 0 Å². The lowest BCUT2D eigenvalue weighted by molar-refractivity contribution is -0.137. The maximum Gasteiger partial charge on any atom is 0.407 e. The smallest absolute Gasteiger partial charge is 0.407 e. The summed E-state index contributed by atoms with van der Waals surface area (Å²) in [6.45, 7) is 5.86. The number of hydrogen-bond acceptors (Lipinski definition) is 5. The molecule has 1 saturated heterocycles. The van der Waals surface area contributed by atoms with E-state index < -0.39 is 29.8 Å². The minimum absolute atomic E-state index is 0.0391. The number of alkyl carbamates (subject to hydrolysis) is 1. The van der Waals surface area contributed by atoms with Crippen molar-refractivity contribution in [2.45, 2.75) is 51.4 Å². The van der Waals surface area contributed by atoms with Crippen molar-refractivity contribution in [2.24, 2.45) is 5.92 Å². The Morgan fingerprint density at radius 1 is 1.36 bits per heavy atom. The third-order valence-electron chi connectivity index (χ3n) is 4.03. The molecule has 2 unspecified atom stereocenters. The number of carbonyl (C=O) groups excluding carboxylic acids is 2. The lowest BCUT2D eigenvalue weighted by atomic mass is 9.87. The molecular formula is C19H27NO5. The molecule has 2 N–H and O–H groups in total. The summed E-state index contributed by atoms with van der Waals surface area (Å²) in [5.74, 6) is -0.680. The number of nitrogens with one attached hydrogen (secondary N) is 1. The van der Waals surface area contributed by atoms with Gasteiger partial charge in [-0.3, -0.25) is 4.79 Å². The average Bonchev–Trinajstić information content (AvgIpc) is 2.53. The van der Waals surface area contributed by atoms with Crippen molar-refractivity contribution in [2.75, 3.05) is 13.2 Å². The molecule has 3 atom stereocenters. The number of rotatable bonds is 5. The van der Waals surface area contributed by atoms with Crippen LogP contribution in [0.15, 0.2) is 30.3 Å². The number of benzene rings is 1. The number of carbonyl (C=O) groups is 2. The Bertz CT molecular complexity index is 581. The van der Waals surface area contributed by atoms with E-state index in [4.69, 9.17) is 9.47 Å². The zero-order chi connectivity index (χ0) is 18.4. The van der Waals surface area contributed by atoms with Gasteiger partial charge in [0.1, 0.15) is 11.4 Å². The van der Waals surface area contributed by atoms with Crippen LogP contribution in [0.3, 0.4) is 0 Å². The van der Waals surface area contributed by atoms with E-state index in [9.17, 15) is 14.7 Å². The quantitative estimate of drug-likeness (QED) is 0.850. The number of ketones is 1. The number of ether oxygens (including phenoxy) is 2. The molecule has 0 aromatic heterocycles. The van der Waals surface area contributed by atoms with Gasteiger partial charge >= 0.3 is 6.09 Å². The van der Waals surface area contributed by atoms with Crippen molar-refractivity contribution in [1.82, 2.24) is 5.32 Å². The molecule has 138 valence electrons. The van der Waals surface area contributed by atoms with Crippen molar-refractivity contribution in [3.63, 3.8) is 0 Å². The maximum absolute atomic E-state index is 12.2. The molecule has 0 radical (unpaired) electrons. The van der Waals surface area contributed by atoms with Crippen LogP contribution in [0, 0.1) is 5.92 Å². The zero-order valence-corrected chi connectivity index (χ0v) is 15.0. The Labute approximate surface area is 148 Å². The molecule has 1 aromatic carbocycles. The van der Waals surface area contributed by atoms with Crippen LogP contribution < -0.4 is 5.32 Å². The molecule has 0 saturated carbocycles. The van der Waals surface area contributed by atoms with E-state index in [0.717, 1.165) is 5.56 Å². The van der Waals surface area contributed by atoms with Crippen LogP contribution in [0.5, 0.6) is 0 Å². The van der Waals surface area contributed by atoms with Crippen molar-refractivity contribution < 1.29 is 24.2 Å². The molecular weight excluding hydrogens is 322 g/mol. The molecule has 1 heterocycles. The molecule has 0 spiro atoms. The van der Waals surface area contributed by atoms with Crippen LogP contribution in [0.4, 0.5) is 4.79 Å². The summed E-state index contributed by atoms with van der Waals surface area (Å²) < 4.78 is 10.6. The molecule has 2 rings (SSSR count). The van der Waals surface area contributed by atoms with Crippen molar-refractivity contribution in [3.05, 3.63) is 35.9 Å². The Hall–Kier alpha value is -1.92. The SMILES string of the molecule is CC(C)(C)OC(=O)N[C@@H](Cc1ccccc1)C(O)C1COCCC1=O. The number of hydrogen-bond donors (Lipinski definition) is 2. The molecule has 1 amide bonds. The average molecular weight is 349 g/mol. The molecule has 1 aliphatic rings. The summed E-state index contributed by atoms with van der Waals surface area (Å²) in [6, 6.07) is 8.86. The second-order valence-electron chi connectivity index (χ2n) is 7.33. The molecule has 6 heteroatoms. The predicted octanol–water partition coefficient (Wildman–Crippen LogP) is 2.09. The monoisotopic (exact) mass is 349 g/mol. The fraction of sp³-hybridized carbons (Fsp3) is 0.579. The van der Waals surface area contributed by atoms with Crippen molar-refractivity contribution >= 4 is 11.9 Å². The highest BCUT2D eigenvalue weighted by Crippen LogP contribution is 2.19. The first kappa shape index (κ1) is 19.4. The molecule has 6 nitrogen and oxygen atoms in total. The summed E-state index contributed by atoms with van der Waals surface area (Å²) in [7, 11) is 0. The van der Waals surface area contributed by atoms with Gasteiger partial charge < -0.3 is 19.9 Å². The van der Waals surface area contributed by atoms with Crippen LogP contribution in [0.2, 0.25) is 0 Å². The van der Waals surface area contributed by atoms with Gasteiger partial charge in [0.25, 0.3) is 0 Å². The number of amides is 1. The predicted molar refractivity (Wildman–Crippen MR) is 93.2 cm³/mol. The first-order valence-corrected chi connectivity index (χ1v) is 8.58. The highest BCUT2D eigenvalue weighted by molar-refractivity contribution is 5.82. The third-order valence-corrected chi connectivity index (χ3v) is 4.03. The Kier molecular flexibility index (Phi) is 6.56. The number of aliphatic hydroxyl groups is 1. The summed E-state index contributed by atoms with van der Waals surface area (Å²) in [5, 5.41) is 13.5. The van der Waals surface area contributed by atoms with Gasteiger partial charge in [-0.2, -0.15) is 0 Å². The van der Waals surface area contributed by atoms with Gasteiger partial charge in [-0.1, -0.05) is 30.3 Å². The molecule has 0 bridgehead atoms. The highest BCUT2D eigenvalue weighted by atomic mass is 16.6. The molecule has 0 aliphatic carbocycles. The summed E-state index contributed by atoms with van der Waals surface area (Å²) in [4.78, 5) is 24.3. The topological polar surface area (TPSA) is 84.9 Å². The summed E-state index contributed by atoms with van der Waals surface area (Å²) >= 11 is 0. The van der Waals surface area contributed by atoms with Gasteiger partial charge in [-0.15, -0.1) is 0 Å². The summed E-state index contributed by atoms with van der Waals surface area (Å²) in [6.07, 6.45) is -0.978. The van der Waals surface area contributed by atoms with E-state index in [0.29, 0.717) is 13.0 Å². The standard InChI is InChI=1S/C19H27NO5/c1-19(2,3)25-18(23)20-15(11-13-7-5-4-6-8-13)17(22)14-12-24-10-9-16(14)21/h4-8,14-15,17,22H,9-12H2,1-3H3,(H,20,23)/t14?,15-,17?/m0/s1. The van der Waals surface area contributed by atoms with E-state index in [1.165, 1.54) is 0 Å². The van der Waals surface area contributed by atoms with Gasteiger partial charge in [0.15, 0.2) is 0 Å². The Balaban J connectivity index is 2.12. The van der Waals surface area contributed by atoms with Crippen LogP contribution >= 0.6 is 0 Å². The first-order valence-electron chi connectivity index (χ1n) is 8.58. The fourth-order valence-electron chi connectivity index (χ4n) is 2.81. The lowest BCUT2D eigenvalue weighted by Gasteiger charge is -2.32. The van der Waals surface area contributed by atoms with Gasteiger partial charge in [0.05, 0.1) is 31.3 Å². The van der Waals surface area contributed by atoms with E-state index in [2.05, 4.69) is 5.32 Å². The zero-order valence-electron chi connectivity index (χ0n) is 15.0. The van der Waals surface area contributed by atoms with Gasteiger partial charge in [0, 0.05) is 6.42 Å². The van der Waals surface area contributed by atoms with E-state index in [1.807, 2.05) is 30.3 Å². The number of Topliss-reactive ketones (excluding diaryl/α,β-unsaturated/α-hetero) is 1. The lowest BCUT2D eigenvalue weighted by Crippen LogP contribution is -2.52. The molecule has 1 aliphatic heterocycles. The van der Waals surface area contributed by atoms with E-state index in [1.54, 1.807) is 20.8 Å². The normalized spacial score (nSPS) is 20.6. The summed E-state index contributed by atoms with van der Waals surface area (Å²) in [5.41, 5.74) is 0.308. The maximum atomic E-state index is 12.2. The second-order valence-corrected chi connectivity index (χ2v) is 7.33. The highest BCUT2D eigenvalue weighted by Gasteiger charge is 2.36. The van der Waals surface area contributed by atoms with Crippen LogP contribution in [0.25, 0.3) is 0 Å². The Morgan fingerprint density at radius 2 is 2.04 bits per heavy atom. The molecule has 1 aromatic rings. The largest absolute Gasteiger partial charge is 0.444 e. The molecule has 1 fully saturated rings. The minimum atomic E-state index is -1.04. The van der Waals surface area contributed by atoms with Crippen LogP contribution in [-0.2, 0) is 20.7 Å². The Morgan fingerprint density at radius 3 is 2.64 bits per heavy atom. The van der Waals surface area contributed by atoms with Gasteiger partial charge in [-0.25, -0.2) is 4.79 Å². The first-order chi connectivity index (χ1) is 11.8. The second kappa shape index (κ2) is 8.45. The van der Waals surface area contributed by atoms with Crippen molar-refractivity contribution in [3.8, 4) is 0 Å².